The molecule has 0 aromatic heterocycles. The summed E-state index contributed by atoms with van der Waals surface area (Å²) in [7, 11) is 2.01. The van der Waals surface area contributed by atoms with Gasteiger partial charge in [-0.15, -0.1) is 0 Å². The minimum Gasteiger partial charge on any atom is -0.507 e. The highest BCUT2D eigenvalue weighted by Crippen LogP contribution is 2.57. The molecule has 4 heterocycles. The lowest BCUT2D eigenvalue weighted by Gasteiger charge is -2.60. The van der Waals surface area contributed by atoms with Crippen LogP contribution in [0.3, 0.4) is 0 Å². The van der Waals surface area contributed by atoms with Crippen molar-refractivity contribution < 1.29 is 29.6 Å². The van der Waals surface area contributed by atoms with E-state index >= 15 is 0 Å². The lowest BCUT2D eigenvalue weighted by Crippen LogP contribution is -2.69. The fourth-order valence-electron chi connectivity index (χ4n) is 7.92. The lowest BCUT2D eigenvalue weighted by atomic mass is 9.73. The predicted octanol–water partition coefficient (Wildman–Crippen LogP) is 3.70. The van der Waals surface area contributed by atoms with E-state index in [4.69, 9.17) is 9.47 Å². The third-order valence-electron chi connectivity index (χ3n) is 10.3. The van der Waals surface area contributed by atoms with E-state index in [1.807, 2.05) is 58.2 Å². The Morgan fingerprint density at radius 1 is 0.977 bits per heavy atom. The quantitative estimate of drug-likeness (QED) is 0.359. The van der Waals surface area contributed by atoms with Crippen molar-refractivity contribution in [1.82, 2.24) is 15.1 Å². The van der Waals surface area contributed by atoms with Crippen LogP contribution in [0.4, 0.5) is 0 Å². The van der Waals surface area contributed by atoms with Crippen LogP contribution in [-0.4, -0.2) is 69.7 Å². The first-order valence-corrected chi connectivity index (χ1v) is 15.1. The van der Waals surface area contributed by atoms with Crippen molar-refractivity contribution in [3.8, 4) is 23.0 Å². The molecule has 2 bridgehead atoms. The van der Waals surface area contributed by atoms with Gasteiger partial charge in [0.15, 0.2) is 11.5 Å². The number of benzene rings is 3. The molecule has 1 saturated heterocycles. The van der Waals surface area contributed by atoms with E-state index in [0.717, 1.165) is 38.9 Å². The lowest BCUT2D eigenvalue weighted by molar-refractivity contribution is -0.172. The number of aromatic hydroxyl groups is 2. The number of carbonyl (C=O) groups excluding carboxylic acids is 1. The average Bonchev–Trinajstić information content (AvgIpc) is 3.49. The molecular weight excluding hydrogens is 546 g/mol. The van der Waals surface area contributed by atoms with Gasteiger partial charge in [-0.25, -0.2) is 0 Å². The van der Waals surface area contributed by atoms with Gasteiger partial charge < -0.3 is 30.1 Å². The molecule has 1 amide bonds. The van der Waals surface area contributed by atoms with Crippen LogP contribution >= 0.6 is 0 Å². The monoisotopic (exact) mass is 585 g/mol. The van der Waals surface area contributed by atoms with Crippen molar-refractivity contribution in [2.75, 3.05) is 20.4 Å². The molecule has 4 aliphatic rings. The Morgan fingerprint density at radius 2 is 1.72 bits per heavy atom. The molecule has 3 aromatic rings. The van der Waals surface area contributed by atoms with Gasteiger partial charge in [-0.05, 0) is 69.3 Å². The van der Waals surface area contributed by atoms with E-state index in [0.29, 0.717) is 48.5 Å². The minimum absolute atomic E-state index is 0.0437. The number of nitrogens with one attached hydrogen (secondary N) is 1. The van der Waals surface area contributed by atoms with Crippen molar-refractivity contribution in [2.24, 2.45) is 0 Å². The van der Waals surface area contributed by atoms with E-state index in [1.54, 1.807) is 0 Å². The normalized spacial score (nSPS) is 25.6. The van der Waals surface area contributed by atoms with E-state index in [-0.39, 0.29) is 43.1 Å². The molecule has 9 nitrogen and oxygen atoms in total. The first-order chi connectivity index (χ1) is 20.7. The topological polar surface area (TPSA) is 115 Å². The summed E-state index contributed by atoms with van der Waals surface area (Å²) in [5, 5.41) is 38.2. The van der Waals surface area contributed by atoms with Crippen LogP contribution < -0.4 is 14.8 Å². The molecule has 1 unspecified atom stereocenters. The summed E-state index contributed by atoms with van der Waals surface area (Å²) >= 11 is 0. The summed E-state index contributed by atoms with van der Waals surface area (Å²) in [6.07, 6.45) is 1.12. The number of phenolic OH excluding ortho intramolecular Hbond substituents is 2. The molecule has 7 rings (SSSR count). The van der Waals surface area contributed by atoms with Gasteiger partial charge >= 0.3 is 0 Å². The fraction of sp³-hybridized carbons (Fsp3) is 0.441. The molecule has 5 atom stereocenters. The number of amides is 1. The molecule has 4 aliphatic heterocycles. The maximum Gasteiger partial charge on any atom is 0.231 e. The molecule has 3 aromatic carbocycles. The molecule has 0 saturated carbocycles. The third-order valence-corrected chi connectivity index (χ3v) is 10.3. The highest BCUT2D eigenvalue weighted by molar-refractivity contribution is 5.76. The second kappa shape index (κ2) is 10.4. The Labute approximate surface area is 251 Å². The Balaban J connectivity index is 1.30. The van der Waals surface area contributed by atoms with Crippen LogP contribution in [0.2, 0.25) is 0 Å². The Bertz CT molecular complexity index is 1610. The van der Waals surface area contributed by atoms with Crippen molar-refractivity contribution >= 4 is 5.91 Å². The standard InChI is InChI=1S/C34H39N3O6/c1-17-12-21-13-24-34(41)37-23(29(36(24)4)27(21)31(40)18(17)2)14-22-28(33-32(42-16-43-33)19(3)30(22)39)25(37)15-35-26(38)11-10-20-8-6-5-7-9-20/h5-9,12,23-25,29,34,39-41H,10-11,13-16H2,1-4H3,(H,35,38)/t23?,24-,25-,29+,34-/m0/s1. The van der Waals surface area contributed by atoms with Crippen molar-refractivity contribution in [3.63, 3.8) is 0 Å². The van der Waals surface area contributed by atoms with Gasteiger partial charge in [0.1, 0.15) is 17.7 Å². The van der Waals surface area contributed by atoms with E-state index in [9.17, 15) is 20.1 Å². The molecule has 9 heteroatoms. The SMILES string of the molecule is Cc1cc2c(c(O)c1C)[C@H]1C3Cc4c(O)c(C)c5c(c4[C@H](CNC(=O)CCc4ccccc4)N3[C@@H](O)[C@H](C2)N1C)OCO5. The molecule has 0 aliphatic carbocycles. The van der Waals surface area contributed by atoms with Gasteiger partial charge in [-0.3, -0.25) is 14.6 Å². The highest BCUT2D eigenvalue weighted by Gasteiger charge is 2.56. The second-order valence-corrected chi connectivity index (χ2v) is 12.5. The number of rotatable bonds is 5. The zero-order valence-corrected chi connectivity index (χ0v) is 25.1. The van der Waals surface area contributed by atoms with Gasteiger partial charge in [0, 0.05) is 41.3 Å². The van der Waals surface area contributed by atoms with Crippen LogP contribution in [0.5, 0.6) is 23.0 Å². The first-order valence-electron chi connectivity index (χ1n) is 15.1. The number of aryl methyl sites for hydroxylation is 2. The maximum atomic E-state index is 13.2. The summed E-state index contributed by atoms with van der Waals surface area (Å²) in [5.41, 5.74) is 7.01. The van der Waals surface area contributed by atoms with Gasteiger partial charge in [-0.1, -0.05) is 36.4 Å². The average molecular weight is 586 g/mol. The molecule has 0 spiro atoms. The molecule has 0 radical (unpaired) electrons. The van der Waals surface area contributed by atoms with Crippen molar-refractivity contribution in [2.45, 2.75) is 76.8 Å². The Hall–Kier alpha value is -3.79. The number of nitrogens with zero attached hydrogens (tertiary/aromatic N) is 2. The second-order valence-electron chi connectivity index (χ2n) is 12.5. The number of aliphatic hydroxyl groups excluding tert-OH is 1. The number of piperazine rings is 1. The molecule has 226 valence electrons. The van der Waals surface area contributed by atoms with Gasteiger partial charge in [-0.2, -0.15) is 0 Å². The van der Waals surface area contributed by atoms with Gasteiger partial charge in [0.25, 0.3) is 0 Å². The van der Waals surface area contributed by atoms with Crippen LogP contribution in [-0.2, 0) is 24.1 Å². The number of hydrogen-bond donors (Lipinski definition) is 4. The zero-order valence-electron chi connectivity index (χ0n) is 25.1. The van der Waals surface area contributed by atoms with Crippen LogP contribution in [0.15, 0.2) is 36.4 Å². The van der Waals surface area contributed by atoms with Crippen LogP contribution in [0.25, 0.3) is 0 Å². The number of hydrogen-bond acceptors (Lipinski definition) is 8. The van der Waals surface area contributed by atoms with Gasteiger partial charge in [0.05, 0.1) is 18.1 Å². The highest BCUT2D eigenvalue weighted by atomic mass is 16.7. The fourth-order valence-corrected chi connectivity index (χ4v) is 7.92. The largest absolute Gasteiger partial charge is 0.507 e. The summed E-state index contributed by atoms with van der Waals surface area (Å²) in [5.74, 6) is 1.44. The van der Waals surface area contributed by atoms with Crippen LogP contribution in [0.1, 0.15) is 63.0 Å². The number of phenols is 2. The number of ether oxygens (including phenoxy) is 2. The van der Waals surface area contributed by atoms with Crippen LogP contribution in [0, 0.1) is 20.8 Å². The van der Waals surface area contributed by atoms with Crippen molar-refractivity contribution in [3.05, 3.63) is 80.9 Å². The van der Waals surface area contributed by atoms with E-state index < -0.39 is 12.3 Å². The summed E-state index contributed by atoms with van der Waals surface area (Å²) in [6.45, 7) is 6.03. The first kappa shape index (κ1) is 28.0. The smallest absolute Gasteiger partial charge is 0.231 e. The van der Waals surface area contributed by atoms with E-state index in [2.05, 4.69) is 21.2 Å². The Kier molecular flexibility index (Phi) is 6.80. The van der Waals surface area contributed by atoms with E-state index in [1.165, 1.54) is 0 Å². The third kappa shape index (κ3) is 4.28. The predicted molar refractivity (Wildman–Crippen MR) is 160 cm³/mol. The number of fused-ring (bicyclic) bond motifs is 9. The maximum absolute atomic E-state index is 13.2. The summed E-state index contributed by atoms with van der Waals surface area (Å²) < 4.78 is 11.8. The molecule has 1 fully saturated rings. The number of likely N-dealkylation sites (N-methyl/N-ethyl adjacent to an activating group) is 1. The summed E-state index contributed by atoms with van der Waals surface area (Å²) in [4.78, 5) is 17.4. The number of aliphatic hydroxyl groups is 1. The molecular formula is C34H39N3O6. The Morgan fingerprint density at radius 3 is 2.49 bits per heavy atom. The van der Waals surface area contributed by atoms with Crippen molar-refractivity contribution in [1.29, 1.82) is 0 Å². The minimum atomic E-state index is -0.857. The zero-order chi connectivity index (χ0) is 30.2. The van der Waals surface area contributed by atoms with Gasteiger partial charge in [0.2, 0.25) is 12.7 Å². The molecule has 4 N–H and O–H groups in total. The number of carbonyl (C=O) groups is 1. The molecule has 43 heavy (non-hydrogen) atoms. The summed E-state index contributed by atoms with van der Waals surface area (Å²) in [6, 6.07) is 10.8.